The highest BCUT2D eigenvalue weighted by atomic mass is 16.3. The summed E-state index contributed by atoms with van der Waals surface area (Å²) in [5.74, 6) is 1.56. The summed E-state index contributed by atoms with van der Waals surface area (Å²) < 4.78 is 6.27. The molecule has 2 heterocycles. The van der Waals surface area contributed by atoms with Gasteiger partial charge in [0.15, 0.2) is 6.17 Å². The van der Waals surface area contributed by atoms with E-state index in [0.717, 1.165) is 50.3 Å². The molecule has 0 radical (unpaired) electrons. The number of para-hydroxylation sites is 1. The van der Waals surface area contributed by atoms with Crippen LogP contribution in [0.25, 0.3) is 65.0 Å². The fourth-order valence-electron chi connectivity index (χ4n) is 7.20. The molecule has 0 aliphatic carbocycles. The summed E-state index contributed by atoms with van der Waals surface area (Å²) in [5.41, 5.74) is 4.74. The van der Waals surface area contributed by atoms with Gasteiger partial charge in [-0.15, -0.1) is 0 Å². The molecule has 8 aromatic carbocycles. The van der Waals surface area contributed by atoms with E-state index in [1.54, 1.807) is 0 Å². The number of furan rings is 1. The second-order valence-electron chi connectivity index (χ2n) is 12.2. The Balaban J connectivity index is 1.21. The minimum atomic E-state index is -0.448. The first-order valence-electron chi connectivity index (χ1n) is 15.9. The van der Waals surface area contributed by atoms with Crippen molar-refractivity contribution in [2.45, 2.75) is 6.17 Å². The van der Waals surface area contributed by atoms with Crippen LogP contribution in [0.1, 0.15) is 22.9 Å². The number of nitrogens with zero attached hydrogens (tertiary/aromatic N) is 2. The van der Waals surface area contributed by atoms with Gasteiger partial charge >= 0.3 is 0 Å². The molecular weight excluding hydrogens is 574 g/mol. The van der Waals surface area contributed by atoms with Crippen LogP contribution in [0.2, 0.25) is 0 Å². The van der Waals surface area contributed by atoms with Crippen molar-refractivity contribution < 1.29 is 4.42 Å². The van der Waals surface area contributed by atoms with Crippen molar-refractivity contribution in [2.24, 2.45) is 9.98 Å². The van der Waals surface area contributed by atoms with E-state index >= 15 is 0 Å². The summed E-state index contributed by atoms with van der Waals surface area (Å²) in [6, 6.07) is 53.4. The van der Waals surface area contributed by atoms with Gasteiger partial charge in [0, 0.05) is 21.9 Å². The third kappa shape index (κ3) is 4.15. The average Bonchev–Trinajstić information content (AvgIpc) is 3.53. The quantitative estimate of drug-likeness (QED) is 0.205. The topological polar surface area (TPSA) is 49.9 Å². The van der Waals surface area contributed by atoms with Gasteiger partial charge < -0.3 is 9.73 Å². The lowest BCUT2D eigenvalue weighted by molar-refractivity contribution is 0.669. The number of hydrogen-bond donors (Lipinski definition) is 1. The fraction of sp³-hybridized carbons (Fsp3) is 0.0233. The molecule has 0 bridgehead atoms. The molecule has 1 aliphatic heterocycles. The van der Waals surface area contributed by atoms with Crippen LogP contribution in [-0.2, 0) is 0 Å². The van der Waals surface area contributed by atoms with Crippen LogP contribution in [0.3, 0.4) is 0 Å². The summed E-state index contributed by atoms with van der Waals surface area (Å²) in [6.07, 6.45) is -0.448. The number of fused-ring (bicyclic) bond motifs is 9. The zero-order valence-electron chi connectivity index (χ0n) is 25.3. The van der Waals surface area contributed by atoms with Gasteiger partial charge in [-0.05, 0) is 72.9 Å². The van der Waals surface area contributed by atoms with Crippen molar-refractivity contribution in [1.82, 2.24) is 5.32 Å². The average molecular weight is 602 g/mol. The number of benzene rings is 8. The molecule has 9 aromatic rings. The molecule has 1 N–H and O–H groups in total. The molecular formula is C43H27N3O. The maximum Gasteiger partial charge on any atom is 0.169 e. The van der Waals surface area contributed by atoms with Gasteiger partial charge in [0.1, 0.15) is 22.8 Å². The van der Waals surface area contributed by atoms with Gasteiger partial charge in [-0.2, -0.15) is 0 Å². The van der Waals surface area contributed by atoms with Crippen molar-refractivity contribution >= 4 is 76.7 Å². The second-order valence-corrected chi connectivity index (χ2v) is 12.2. The molecule has 220 valence electrons. The van der Waals surface area contributed by atoms with Gasteiger partial charge in [0.25, 0.3) is 0 Å². The van der Waals surface area contributed by atoms with Gasteiger partial charge in [0.05, 0.1) is 0 Å². The number of aliphatic imine (C=N–C) groups is 2. The predicted molar refractivity (Wildman–Crippen MR) is 196 cm³/mol. The monoisotopic (exact) mass is 601 g/mol. The first kappa shape index (κ1) is 26.0. The molecule has 1 aromatic heterocycles. The molecule has 0 saturated carbocycles. The van der Waals surface area contributed by atoms with E-state index in [4.69, 9.17) is 14.4 Å². The number of hydrogen-bond acceptors (Lipinski definition) is 4. The van der Waals surface area contributed by atoms with Crippen LogP contribution in [0.15, 0.2) is 166 Å². The molecule has 4 heteroatoms. The highest BCUT2D eigenvalue weighted by Gasteiger charge is 2.24. The van der Waals surface area contributed by atoms with Gasteiger partial charge in [-0.3, -0.25) is 0 Å². The Morgan fingerprint density at radius 2 is 1.11 bits per heavy atom. The van der Waals surface area contributed by atoms with Crippen molar-refractivity contribution in [3.05, 3.63) is 168 Å². The summed E-state index contributed by atoms with van der Waals surface area (Å²) in [6.45, 7) is 0. The molecule has 1 atom stereocenters. The minimum Gasteiger partial charge on any atom is -0.456 e. The molecule has 0 spiro atoms. The number of amidine groups is 2. The Morgan fingerprint density at radius 3 is 2.00 bits per heavy atom. The smallest absolute Gasteiger partial charge is 0.169 e. The Morgan fingerprint density at radius 1 is 0.447 bits per heavy atom. The van der Waals surface area contributed by atoms with Crippen LogP contribution in [0.5, 0.6) is 0 Å². The van der Waals surface area contributed by atoms with Crippen LogP contribution < -0.4 is 5.32 Å². The van der Waals surface area contributed by atoms with Gasteiger partial charge in [-0.1, -0.05) is 127 Å². The van der Waals surface area contributed by atoms with Crippen LogP contribution in [0.4, 0.5) is 0 Å². The third-order valence-corrected chi connectivity index (χ3v) is 9.47. The Hall–Kier alpha value is -6.26. The summed E-state index contributed by atoms with van der Waals surface area (Å²) in [4.78, 5) is 10.6. The lowest BCUT2D eigenvalue weighted by Crippen LogP contribution is -2.36. The molecule has 1 aliphatic rings. The first-order chi connectivity index (χ1) is 23.3. The Kier molecular flexibility index (Phi) is 5.60. The minimum absolute atomic E-state index is 0.448. The van der Waals surface area contributed by atoms with Gasteiger partial charge in [0.2, 0.25) is 0 Å². The van der Waals surface area contributed by atoms with Crippen molar-refractivity contribution in [1.29, 1.82) is 0 Å². The predicted octanol–water partition coefficient (Wildman–Crippen LogP) is 10.7. The van der Waals surface area contributed by atoms with E-state index in [0.29, 0.717) is 0 Å². The van der Waals surface area contributed by atoms with Crippen LogP contribution >= 0.6 is 0 Å². The number of rotatable bonds is 3. The van der Waals surface area contributed by atoms with Crippen molar-refractivity contribution in [2.75, 3.05) is 0 Å². The SMILES string of the molecule is c1ccc2cc(C3=NC(c4ccc5ccc6ccc7ccccc7c6c5c4)N=C(c4cccc5oc6ccccc6c45)N3)ccc2c1. The Labute approximate surface area is 270 Å². The zero-order valence-corrected chi connectivity index (χ0v) is 25.3. The zero-order chi connectivity index (χ0) is 30.9. The molecule has 47 heavy (non-hydrogen) atoms. The van der Waals surface area contributed by atoms with E-state index in [9.17, 15) is 0 Å². The van der Waals surface area contributed by atoms with Gasteiger partial charge in [-0.25, -0.2) is 9.98 Å². The molecule has 1 unspecified atom stereocenters. The van der Waals surface area contributed by atoms with Crippen molar-refractivity contribution in [3.8, 4) is 0 Å². The summed E-state index contributed by atoms with van der Waals surface area (Å²) >= 11 is 0. The normalized spacial score (nSPS) is 15.0. The highest BCUT2D eigenvalue weighted by Crippen LogP contribution is 2.36. The lowest BCUT2D eigenvalue weighted by Gasteiger charge is -2.23. The maximum atomic E-state index is 6.27. The van der Waals surface area contributed by atoms with Crippen LogP contribution in [-0.4, -0.2) is 11.7 Å². The van der Waals surface area contributed by atoms with Crippen molar-refractivity contribution in [3.63, 3.8) is 0 Å². The van der Waals surface area contributed by atoms with E-state index in [2.05, 4.69) is 133 Å². The molecule has 10 rings (SSSR count). The molecule has 0 amide bonds. The number of nitrogens with one attached hydrogen (secondary N) is 1. The maximum absolute atomic E-state index is 6.27. The van der Waals surface area contributed by atoms with Crippen LogP contribution in [0, 0.1) is 0 Å². The molecule has 0 fully saturated rings. The van der Waals surface area contributed by atoms with E-state index in [-0.39, 0.29) is 0 Å². The second kappa shape index (κ2) is 10.1. The lowest BCUT2D eigenvalue weighted by atomic mass is 9.95. The van der Waals surface area contributed by atoms with E-state index in [1.807, 2.05) is 24.3 Å². The van der Waals surface area contributed by atoms with E-state index in [1.165, 1.54) is 43.1 Å². The summed E-state index contributed by atoms with van der Waals surface area (Å²) in [7, 11) is 0. The largest absolute Gasteiger partial charge is 0.456 e. The summed E-state index contributed by atoms with van der Waals surface area (Å²) in [5, 5.41) is 15.5. The molecule has 4 nitrogen and oxygen atoms in total. The standard InChI is InChI=1S/C43H27N3O/c1-2-10-30-24-31(22-16-26(30)8-1)41-44-42(46-43(45-41)35-13-7-15-38-40(35)34-12-5-6-14-37(34)47-38)32-23-19-28-18-21-29-20-17-27-9-3-4-11-33(27)39(29)36(28)25-32/h1-25,42H,(H,44,45,46). The fourth-order valence-corrected chi connectivity index (χ4v) is 7.20. The molecule has 0 saturated heterocycles. The highest BCUT2D eigenvalue weighted by molar-refractivity contribution is 6.24. The Bertz CT molecular complexity index is 2780. The first-order valence-corrected chi connectivity index (χ1v) is 15.9. The van der Waals surface area contributed by atoms with E-state index < -0.39 is 6.17 Å². The third-order valence-electron chi connectivity index (χ3n) is 9.47.